The molecule has 4 aromatic carbocycles. The van der Waals surface area contributed by atoms with E-state index < -0.39 is 3.86 Å². The predicted octanol–water partition coefficient (Wildman–Crippen LogP) is 9.60. The van der Waals surface area contributed by atoms with Crippen molar-refractivity contribution in [3.05, 3.63) is 137 Å². The standard InChI is InChI=1S/C32H32FIO/c1-22(25-14-8-5-9-15-25)28-20-29(23(2)26-16-10-6-11-17-26)31(35-32(4,33)34)30(21-28)24(3)27-18-12-7-13-19-27/h5-24H,1-4H3. The molecule has 0 saturated heterocycles. The van der Waals surface area contributed by atoms with E-state index in [1.54, 1.807) is 22.6 Å². The Kier molecular flexibility index (Phi) is 7.95. The average Bonchev–Trinajstić information content (AvgIpc) is 2.88. The molecule has 0 saturated carbocycles. The molecule has 4 unspecified atom stereocenters. The van der Waals surface area contributed by atoms with Gasteiger partial charge in [0.1, 0.15) is 5.75 Å². The topological polar surface area (TPSA) is 9.23 Å². The molecule has 0 radical (unpaired) electrons. The zero-order valence-electron chi connectivity index (χ0n) is 20.7. The fourth-order valence-electron chi connectivity index (χ4n) is 4.67. The summed E-state index contributed by atoms with van der Waals surface area (Å²) in [5.41, 5.74) is 6.82. The largest absolute Gasteiger partial charge is 0.449 e. The van der Waals surface area contributed by atoms with Crippen molar-refractivity contribution in [3.63, 3.8) is 0 Å². The number of hydrogen-bond acceptors (Lipinski definition) is 1. The van der Waals surface area contributed by atoms with Crippen molar-refractivity contribution in [2.45, 2.75) is 49.3 Å². The quantitative estimate of drug-likeness (QED) is 0.149. The molecule has 0 heterocycles. The average molecular weight is 579 g/mol. The first-order chi connectivity index (χ1) is 16.7. The van der Waals surface area contributed by atoms with Gasteiger partial charge in [-0.2, -0.15) is 4.39 Å². The van der Waals surface area contributed by atoms with Crippen LogP contribution in [0.25, 0.3) is 0 Å². The van der Waals surface area contributed by atoms with Crippen molar-refractivity contribution in [2.75, 3.05) is 0 Å². The molecule has 1 nitrogen and oxygen atoms in total. The fraction of sp³-hybridized carbons (Fsp3) is 0.250. The van der Waals surface area contributed by atoms with Crippen LogP contribution >= 0.6 is 22.6 Å². The van der Waals surface area contributed by atoms with E-state index in [1.165, 1.54) is 29.2 Å². The minimum atomic E-state index is -1.83. The van der Waals surface area contributed by atoms with Gasteiger partial charge in [0, 0.05) is 58.4 Å². The van der Waals surface area contributed by atoms with Crippen LogP contribution in [0.3, 0.4) is 0 Å². The summed E-state index contributed by atoms with van der Waals surface area (Å²) < 4.78 is 19.3. The van der Waals surface area contributed by atoms with Gasteiger partial charge in [-0.05, 0) is 22.3 Å². The first-order valence-corrected chi connectivity index (χ1v) is 13.2. The van der Waals surface area contributed by atoms with Gasteiger partial charge in [0.15, 0.2) is 0 Å². The van der Waals surface area contributed by atoms with Gasteiger partial charge in [-0.15, -0.1) is 0 Å². The lowest BCUT2D eigenvalue weighted by molar-refractivity contribution is 0.0648. The highest BCUT2D eigenvalue weighted by Crippen LogP contribution is 2.44. The van der Waals surface area contributed by atoms with Gasteiger partial charge < -0.3 is 4.74 Å². The van der Waals surface area contributed by atoms with Crippen LogP contribution in [0.4, 0.5) is 4.39 Å². The third-order valence-corrected chi connectivity index (χ3v) is 7.00. The molecule has 0 aliphatic heterocycles. The maximum atomic E-state index is 15.1. The van der Waals surface area contributed by atoms with E-state index in [9.17, 15) is 0 Å². The highest BCUT2D eigenvalue weighted by Gasteiger charge is 2.29. The van der Waals surface area contributed by atoms with Gasteiger partial charge in [0.05, 0.1) is 0 Å². The Bertz CT molecular complexity index is 1170. The number of rotatable bonds is 8. The molecule has 4 aromatic rings. The number of benzene rings is 4. The monoisotopic (exact) mass is 578 g/mol. The van der Waals surface area contributed by atoms with E-state index in [-0.39, 0.29) is 17.8 Å². The third kappa shape index (κ3) is 6.13. The van der Waals surface area contributed by atoms with Crippen LogP contribution in [0.2, 0.25) is 0 Å². The summed E-state index contributed by atoms with van der Waals surface area (Å²) in [4.78, 5) is 0. The predicted molar refractivity (Wildman–Crippen MR) is 152 cm³/mol. The Labute approximate surface area is 222 Å². The summed E-state index contributed by atoms with van der Waals surface area (Å²) >= 11 is 1.73. The highest BCUT2D eigenvalue weighted by molar-refractivity contribution is 14.1. The van der Waals surface area contributed by atoms with Crippen molar-refractivity contribution in [3.8, 4) is 5.75 Å². The zero-order chi connectivity index (χ0) is 25.0. The molecule has 0 N–H and O–H groups in total. The second-order valence-electron chi connectivity index (χ2n) is 9.34. The van der Waals surface area contributed by atoms with Gasteiger partial charge in [0.25, 0.3) is 3.86 Å². The molecule has 0 fully saturated rings. The number of alkyl halides is 2. The van der Waals surface area contributed by atoms with Gasteiger partial charge in [-0.25, -0.2) is 0 Å². The molecule has 0 amide bonds. The van der Waals surface area contributed by atoms with E-state index >= 15 is 4.39 Å². The minimum absolute atomic E-state index is 0.0367. The normalized spacial score (nSPS) is 15.6. The van der Waals surface area contributed by atoms with E-state index in [0.717, 1.165) is 11.1 Å². The maximum Gasteiger partial charge on any atom is 0.295 e. The summed E-state index contributed by atoms with van der Waals surface area (Å²) in [5.74, 6) is 0.898. The van der Waals surface area contributed by atoms with Crippen LogP contribution in [-0.2, 0) is 0 Å². The van der Waals surface area contributed by atoms with E-state index in [1.807, 2.05) is 42.5 Å². The van der Waals surface area contributed by atoms with Gasteiger partial charge >= 0.3 is 0 Å². The smallest absolute Gasteiger partial charge is 0.295 e. The molecule has 4 atom stereocenters. The lowest BCUT2D eigenvalue weighted by atomic mass is 9.81. The lowest BCUT2D eigenvalue weighted by Gasteiger charge is -2.28. The highest BCUT2D eigenvalue weighted by atomic mass is 127. The van der Waals surface area contributed by atoms with Crippen molar-refractivity contribution >= 4 is 22.6 Å². The van der Waals surface area contributed by atoms with Crippen molar-refractivity contribution in [1.29, 1.82) is 0 Å². The van der Waals surface area contributed by atoms with E-state index in [4.69, 9.17) is 4.74 Å². The first-order valence-electron chi connectivity index (χ1n) is 12.1. The Morgan fingerprint density at radius 2 is 0.943 bits per heavy atom. The van der Waals surface area contributed by atoms with E-state index in [0.29, 0.717) is 5.75 Å². The van der Waals surface area contributed by atoms with E-state index in [2.05, 4.69) is 81.4 Å². The first kappa shape index (κ1) is 25.4. The molecule has 0 aliphatic carbocycles. The van der Waals surface area contributed by atoms with Crippen LogP contribution in [-0.4, -0.2) is 3.86 Å². The van der Waals surface area contributed by atoms with Crippen LogP contribution in [0, 0.1) is 0 Å². The minimum Gasteiger partial charge on any atom is -0.449 e. The van der Waals surface area contributed by atoms with Crippen LogP contribution in [0.1, 0.15) is 78.8 Å². The Morgan fingerprint density at radius 1 is 0.600 bits per heavy atom. The Morgan fingerprint density at radius 3 is 1.29 bits per heavy atom. The lowest BCUT2D eigenvalue weighted by Crippen LogP contribution is -2.20. The summed E-state index contributed by atoms with van der Waals surface area (Å²) in [6, 6.07) is 35.7. The summed E-state index contributed by atoms with van der Waals surface area (Å²) in [6.45, 7) is 8.04. The summed E-state index contributed by atoms with van der Waals surface area (Å²) in [6.07, 6.45) is 0. The van der Waals surface area contributed by atoms with Crippen molar-refractivity contribution < 1.29 is 9.13 Å². The van der Waals surface area contributed by atoms with Gasteiger partial charge in [0.2, 0.25) is 0 Å². The molecule has 35 heavy (non-hydrogen) atoms. The maximum absolute atomic E-state index is 15.1. The molecular weight excluding hydrogens is 546 g/mol. The summed E-state index contributed by atoms with van der Waals surface area (Å²) in [5, 5.41) is 0. The number of hydrogen-bond donors (Lipinski definition) is 0. The Balaban J connectivity index is 1.95. The number of ether oxygens (including phenoxy) is 1. The fourth-order valence-corrected chi connectivity index (χ4v) is 4.89. The third-order valence-electron chi connectivity index (χ3n) is 6.78. The SMILES string of the molecule is CC(c1ccccc1)c1cc(C(C)c2ccccc2)c(OC(C)(F)I)c(C(C)c2ccccc2)c1. The van der Waals surface area contributed by atoms with Gasteiger partial charge in [-0.3, -0.25) is 0 Å². The van der Waals surface area contributed by atoms with Crippen molar-refractivity contribution in [1.82, 2.24) is 0 Å². The van der Waals surface area contributed by atoms with Gasteiger partial charge in [-0.1, -0.05) is 124 Å². The zero-order valence-corrected chi connectivity index (χ0v) is 22.9. The molecule has 3 heteroatoms. The molecular formula is C32H32FIO. The second kappa shape index (κ2) is 10.9. The van der Waals surface area contributed by atoms with Crippen LogP contribution < -0.4 is 4.74 Å². The van der Waals surface area contributed by atoms with Crippen molar-refractivity contribution in [2.24, 2.45) is 0 Å². The molecule has 4 rings (SSSR count). The van der Waals surface area contributed by atoms with Crippen LogP contribution in [0.5, 0.6) is 5.75 Å². The molecule has 0 aromatic heterocycles. The molecule has 180 valence electrons. The molecule has 0 aliphatic rings. The number of halogens is 2. The second-order valence-corrected chi connectivity index (χ2v) is 11.3. The Hall–Kier alpha value is -2.66. The molecule has 0 bridgehead atoms. The summed E-state index contributed by atoms with van der Waals surface area (Å²) in [7, 11) is 0. The van der Waals surface area contributed by atoms with Crippen LogP contribution in [0.15, 0.2) is 103 Å². The molecule has 0 spiro atoms.